The Morgan fingerprint density at radius 1 is 0.966 bits per heavy atom. The number of carbonyl (C=O) groups is 1. The number of rotatable bonds is 3. The number of hydrogen-bond acceptors (Lipinski definition) is 6. The maximum absolute atomic E-state index is 13.1. The summed E-state index contributed by atoms with van der Waals surface area (Å²) in [5, 5.41) is 0.253. The molecule has 1 amide bonds. The van der Waals surface area contributed by atoms with Crippen LogP contribution in [0.2, 0.25) is 5.15 Å². The van der Waals surface area contributed by atoms with Gasteiger partial charge in [0, 0.05) is 50.9 Å². The van der Waals surface area contributed by atoms with Crippen LogP contribution in [0.15, 0.2) is 18.3 Å². The molecule has 29 heavy (non-hydrogen) atoms. The molecule has 0 bridgehead atoms. The van der Waals surface area contributed by atoms with Gasteiger partial charge in [-0.25, -0.2) is 9.97 Å². The van der Waals surface area contributed by atoms with Gasteiger partial charge in [0.05, 0.1) is 17.8 Å². The lowest BCUT2D eigenvalue weighted by molar-refractivity contribution is 0.0733. The van der Waals surface area contributed by atoms with Crippen LogP contribution in [-0.4, -0.2) is 58.5 Å². The molecule has 2 aromatic heterocycles. The molecule has 2 saturated heterocycles. The van der Waals surface area contributed by atoms with Crippen molar-refractivity contribution in [1.82, 2.24) is 19.9 Å². The Kier molecular flexibility index (Phi) is 4.99. The van der Waals surface area contributed by atoms with E-state index in [-0.39, 0.29) is 11.1 Å². The largest absolute Gasteiger partial charge is 0.356 e. The van der Waals surface area contributed by atoms with Crippen molar-refractivity contribution in [2.75, 3.05) is 42.5 Å². The third-order valence-corrected chi connectivity index (χ3v) is 6.40. The summed E-state index contributed by atoms with van der Waals surface area (Å²) in [4.78, 5) is 33.6. The highest BCUT2D eigenvalue weighted by molar-refractivity contribution is 6.32. The zero-order chi connectivity index (χ0) is 19.8. The van der Waals surface area contributed by atoms with Crippen LogP contribution in [-0.2, 0) is 13.0 Å². The van der Waals surface area contributed by atoms with E-state index in [2.05, 4.69) is 14.8 Å². The normalized spacial score (nSPS) is 19.0. The van der Waals surface area contributed by atoms with Crippen LogP contribution in [0, 0.1) is 0 Å². The quantitative estimate of drug-likeness (QED) is 0.722. The van der Waals surface area contributed by atoms with E-state index in [1.807, 2.05) is 4.90 Å². The fourth-order valence-electron chi connectivity index (χ4n) is 4.52. The van der Waals surface area contributed by atoms with Gasteiger partial charge in [0.25, 0.3) is 5.91 Å². The molecule has 8 heteroatoms. The van der Waals surface area contributed by atoms with Crippen molar-refractivity contribution in [3.8, 4) is 0 Å². The number of amides is 1. The van der Waals surface area contributed by atoms with Crippen LogP contribution < -0.4 is 9.80 Å². The number of carbonyl (C=O) groups excluding carboxylic acids is 1. The molecule has 152 valence electrons. The Balaban J connectivity index is 1.49. The molecule has 0 aromatic carbocycles. The van der Waals surface area contributed by atoms with Crippen molar-refractivity contribution in [3.05, 3.63) is 40.3 Å². The SMILES string of the molecule is O=C(c1cccnc1Cl)N1CCc2nc(N3CCCC3)nc(N3CCCC3)c2C1. The van der Waals surface area contributed by atoms with Gasteiger partial charge in [0.2, 0.25) is 5.95 Å². The maximum Gasteiger partial charge on any atom is 0.257 e. The first-order valence-electron chi connectivity index (χ1n) is 10.5. The number of pyridine rings is 1. The van der Waals surface area contributed by atoms with E-state index in [1.54, 1.807) is 18.3 Å². The monoisotopic (exact) mass is 412 g/mol. The molecule has 5 rings (SSSR count). The third-order valence-electron chi connectivity index (χ3n) is 6.10. The van der Waals surface area contributed by atoms with Crippen molar-refractivity contribution in [3.63, 3.8) is 0 Å². The summed E-state index contributed by atoms with van der Waals surface area (Å²) in [6, 6.07) is 3.49. The number of fused-ring (bicyclic) bond motifs is 1. The number of halogens is 1. The second-order valence-corrected chi connectivity index (χ2v) is 8.34. The molecule has 7 nitrogen and oxygen atoms in total. The van der Waals surface area contributed by atoms with Crippen molar-refractivity contribution < 1.29 is 4.79 Å². The van der Waals surface area contributed by atoms with Gasteiger partial charge in [0.1, 0.15) is 11.0 Å². The van der Waals surface area contributed by atoms with E-state index < -0.39 is 0 Å². The molecule has 0 spiro atoms. The molecular weight excluding hydrogens is 388 g/mol. The van der Waals surface area contributed by atoms with Crippen LogP contribution in [0.1, 0.15) is 47.3 Å². The highest BCUT2D eigenvalue weighted by Crippen LogP contribution is 2.32. The second kappa shape index (κ2) is 7.78. The van der Waals surface area contributed by atoms with Crippen LogP contribution in [0.3, 0.4) is 0 Å². The fraction of sp³-hybridized carbons (Fsp3) is 0.524. The summed E-state index contributed by atoms with van der Waals surface area (Å²) >= 11 is 6.17. The molecule has 2 fully saturated rings. The minimum Gasteiger partial charge on any atom is -0.356 e. The molecule has 0 radical (unpaired) electrons. The van der Waals surface area contributed by atoms with E-state index in [1.165, 1.54) is 25.7 Å². The van der Waals surface area contributed by atoms with Crippen LogP contribution in [0.5, 0.6) is 0 Å². The van der Waals surface area contributed by atoms with Gasteiger partial charge in [-0.2, -0.15) is 4.98 Å². The predicted molar refractivity (Wildman–Crippen MR) is 113 cm³/mol. The van der Waals surface area contributed by atoms with Gasteiger partial charge in [-0.15, -0.1) is 0 Å². The van der Waals surface area contributed by atoms with Gasteiger partial charge in [-0.05, 0) is 37.8 Å². The van der Waals surface area contributed by atoms with Crippen LogP contribution in [0.4, 0.5) is 11.8 Å². The first kappa shape index (κ1) is 18.6. The highest BCUT2D eigenvalue weighted by atomic mass is 35.5. The van der Waals surface area contributed by atoms with Gasteiger partial charge in [0.15, 0.2) is 0 Å². The molecule has 0 N–H and O–H groups in total. The van der Waals surface area contributed by atoms with Crippen molar-refractivity contribution in [2.24, 2.45) is 0 Å². The van der Waals surface area contributed by atoms with Gasteiger partial charge in [-0.3, -0.25) is 4.79 Å². The van der Waals surface area contributed by atoms with Gasteiger partial charge in [-0.1, -0.05) is 11.6 Å². The molecule has 3 aliphatic rings. The van der Waals surface area contributed by atoms with E-state index in [4.69, 9.17) is 21.6 Å². The van der Waals surface area contributed by atoms with E-state index >= 15 is 0 Å². The van der Waals surface area contributed by atoms with Crippen molar-refractivity contribution in [2.45, 2.75) is 38.6 Å². The summed E-state index contributed by atoms with van der Waals surface area (Å²) < 4.78 is 0. The maximum atomic E-state index is 13.1. The second-order valence-electron chi connectivity index (χ2n) is 7.98. The molecule has 0 saturated carbocycles. The average molecular weight is 413 g/mol. The summed E-state index contributed by atoms with van der Waals surface area (Å²) in [5.74, 6) is 1.80. The van der Waals surface area contributed by atoms with Crippen LogP contribution in [0.25, 0.3) is 0 Å². The molecule has 3 aliphatic heterocycles. The van der Waals surface area contributed by atoms with Crippen LogP contribution >= 0.6 is 11.6 Å². The zero-order valence-corrected chi connectivity index (χ0v) is 17.2. The summed E-state index contributed by atoms with van der Waals surface area (Å²) in [6.07, 6.45) is 7.12. The number of nitrogens with zero attached hydrogens (tertiary/aromatic N) is 6. The molecule has 0 unspecified atom stereocenters. The molecule has 0 atom stereocenters. The Bertz CT molecular complexity index is 923. The van der Waals surface area contributed by atoms with E-state index in [0.29, 0.717) is 18.7 Å². The fourth-order valence-corrected chi connectivity index (χ4v) is 4.72. The zero-order valence-electron chi connectivity index (χ0n) is 16.5. The third kappa shape index (κ3) is 3.52. The summed E-state index contributed by atoms with van der Waals surface area (Å²) in [5.41, 5.74) is 2.63. The topological polar surface area (TPSA) is 65.5 Å². The lowest BCUT2D eigenvalue weighted by Gasteiger charge is -2.32. The lowest BCUT2D eigenvalue weighted by atomic mass is 10.0. The highest BCUT2D eigenvalue weighted by Gasteiger charge is 2.31. The first-order valence-corrected chi connectivity index (χ1v) is 10.9. The Hall–Kier alpha value is -2.41. The lowest BCUT2D eigenvalue weighted by Crippen LogP contribution is -2.38. The number of aromatic nitrogens is 3. The summed E-state index contributed by atoms with van der Waals surface area (Å²) in [7, 11) is 0. The van der Waals surface area contributed by atoms with Crippen molar-refractivity contribution in [1.29, 1.82) is 0 Å². The Morgan fingerprint density at radius 3 is 2.41 bits per heavy atom. The smallest absolute Gasteiger partial charge is 0.257 e. The average Bonchev–Trinajstić information content (AvgIpc) is 3.47. The van der Waals surface area contributed by atoms with E-state index in [0.717, 1.165) is 55.6 Å². The van der Waals surface area contributed by atoms with E-state index in [9.17, 15) is 4.79 Å². The minimum atomic E-state index is -0.0789. The Morgan fingerprint density at radius 2 is 1.69 bits per heavy atom. The number of anilines is 2. The minimum absolute atomic E-state index is 0.0789. The van der Waals surface area contributed by atoms with Crippen molar-refractivity contribution >= 4 is 29.3 Å². The number of hydrogen-bond donors (Lipinski definition) is 0. The Labute approximate surface area is 175 Å². The first-order chi connectivity index (χ1) is 14.2. The van der Waals surface area contributed by atoms with Gasteiger partial charge < -0.3 is 14.7 Å². The molecular formula is C21H25ClN6O. The molecule has 5 heterocycles. The molecule has 0 aliphatic carbocycles. The molecule has 2 aromatic rings. The van der Waals surface area contributed by atoms with Gasteiger partial charge >= 0.3 is 0 Å². The summed E-state index contributed by atoms with van der Waals surface area (Å²) in [6.45, 7) is 5.25. The standard InChI is InChI=1S/C21H25ClN6O/c22-18-15(6-5-8-23-18)20(29)28-13-7-17-16(14-28)19(26-9-1-2-10-26)25-21(24-17)27-11-3-4-12-27/h5-6,8H,1-4,7,9-14H2. The predicted octanol–water partition coefficient (Wildman–Crippen LogP) is 2.92.